The first-order valence-corrected chi connectivity index (χ1v) is 6.55. The summed E-state index contributed by atoms with van der Waals surface area (Å²) in [6.45, 7) is 9.39. The van der Waals surface area contributed by atoms with E-state index in [4.69, 9.17) is 5.11 Å². The van der Waals surface area contributed by atoms with Crippen molar-refractivity contribution in [3.8, 4) is 0 Å². The summed E-state index contributed by atoms with van der Waals surface area (Å²) in [6, 6.07) is 0. The monoisotopic (exact) mass is 186 g/mol. The molecule has 1 N–H and O–H groups in total. The minimum Gasteiger partial charge on any atom is -0.511 e. The lowest BCUT2D eigenvalue weighted by Crippen LogP contribution is -2.37. The fraction of sp³-hybridized carbons (Fsp3) is 0.625. The number of hydrogen-bond acceptors (Lipinski definition) is 2. The molecule has 0 saturated heterocycles. The Bertz CT molecular complexity index is 180. The van der Waals surface area contributed by atoms with Crippen LogP contribution >= 0.6 is 0 Å². The van der Waals surface area contributed by atoms with Gasteiger partial charge in [0.1, 0.15) is 5.76 Å². The van der Waals surface area contributed by atoms with Crippen LogP contribution in [0.4, 0.5) is 0 Å². The third kappa shape index (κ3) is 4.95. The average molecular weight is 186 g/mol. The summed E-state index contributed by atoms with van der Waals surface area (Å²) in [5, 5.41) is 8.91. The number of aliphatic hydroxyl groups excluding tert-OH is 1. The first kappa shape index (κ1) is 11.2. The highest BCUT2D eigenvalue weighted by Gasteiger charge is 2.11. The number of carbonyl (C=O) groups is 1. The van der Waals surface area contributed by atoms with Gasteiger partial charge in [-0.25, -0.2) is 0 Å². The number of nitrogens with zero attached hydrogens (tertiary/aromatic N) is 1. The van der Waals surface area contributed by atoms with Gasteiger partial charge in [-0.05, 0) is 0 Å². The molecule has 0 unspecified atom stereocenters. The largest absolute Gasteiger partial charge is 0.511 e. The first-order valence-electron chi connectivity index (χ1n) is 3.84. The molecule has 0 aliphatic heterocycles. The van der Waals surface area contributed by atoms with Gasteiger partial charge in [-0.1, -0.05) is 19.7 Å². The molecular weight excluding hydrogens is 170 g/mol. The highest BCUT2D eigenvalue weighted by Crippen LogP contribution is 1.96. The lowest BCUT2D eigenvalue weighted by atomic mass is 10.5. The lowest BCUT2D eigenvalue weighted by molar-refractivity contribution is -0.127. The van der Waals surface area contributed by atoms with Crippen molar-refractivity contribution in [2.75, 3.05) is 12.7 Å². The van der Waals surface area contributed by atoms with Crippen molar-refractivity contribution in [1.82, 2.24) is 4.90 Å². The Morgan fingerprint density at radius 2 is 2.08 bits per heavy atom. The van der Waals surface area contributed by atoms with Crippen LogP contribution in [-0.4, -0.2) is 37.4 Å². The number of rotatable bonds is 4. The zero-order valence-electron chi connectivity index (χ0n) is 7.92. The molecule has 1 radical (unpaired) electrons. The Morgan fingerprint density at radius 1 is 1.58 bits per heavy atom. The number of hydrogen-bond donors (Lipinski definition) is 1. The van der Waals surface area contributed by atoms with Crippen LogP contribution in [0.1, 0.15) is 6.92 Å². The van der Waals surface area contributed by atoms with Crippen LogP contribution in [0.2, 0.25) is 13.1 Å². The van der Waals surface area contributed by atoms with Gasteiger partial charge in [0, 0.05) is 13.1 Å². The molecule has 3 nitrogen and oxygen atoms in total. The van der Waals surface area contributed by atoms with E-state index in [1.807, 2.05) is 0 Å². The predicted octanol–water partition coefficient (Wildman–Crippen LogP) is 1.20. The number of amides is 1. The van der Waals surface area contributed by atoms with E-state index >= 15 is 0 Å². The van der Waals surface area contributed by atoms with E-state index in [1.165, 1.54) is 6.92 Å². The normalized spacial score (nSPS) is 10.0. The Labute approximate surface area is 75.3 Å². The van der Waals surface area contributed by atoms with Gasteiger partial charge in [0.05, 0.1) is 15.3 Å². The highest BCUT2D eigenvalue weighted by molar-refractivity contribution is 6.56. The summed E-state index contributed by atoms with van der Waals surface area (Å²) in [7, 11) is -0.470. The Hall–Kier alpha value is -0.773. The summed E-state index contributed by atoms with van der Waals surface area (Å²) >= 11 is 0. The average Bonchev–Trinajstić information content (AvgIpc) is 1.83. The molecular formula is C8H16NO2Si. The molecule has 0 aromatic carbocycles. The third-order valence-corrected chi connectivity index (χ3v) is 2.34. The van der Waals surface area contributed by atoms with E-state index in [1.54, 1.807) is 4.90 Å². The van der Waals surface area contributed by atoms with Crippen molar-refractivity contribution in [2.45, 2.75) is 20.0 Å². The summed E-state index contributed by atoms with van der Waals surface area (Å²) < 4.78 is 0. The SMILES string of the molecule is C=C(O)CN(C[Si](C)C)C(C)=O. The summed E-state index contributed by atoms with van der Waals surface area (Å²) in [5.74, 6) is 0.0462. The van der Waals surface area contributed by atoms with Crippen molar-refractivity contribution in [2.24, 2.45) is 0 Å². The molecule has 1 amide bonds. The molecule has 0 bridgehead atoms. The van der Waals surface area contributed by atoms with Gasteiger partial charge in [-0.15, -0.1) is 0 Å². The molecule has 12 heavy (non-hydrogen) atoms. The van der Waals surface area contributed by atoms with Crippen molar-refractivity contribution in [3.05, 3.63) is 12.3 Å². The summed E-state index contributed by atoms with van der Waals surface area (Å²) in [6.07, 6.45) is 0.763. The second-order valence-electron chi connectivity index (χ2n) is 3.15. The topological polar surface area (TPSA) is 40.5 Å². The zero-order valence-corrected chi connectivity index (χ0v) is 8.92. The van der Waals surface area contributed by atoms with Gasteiger partial charge in [-0.3, -0.25) is 4.79 Å². The van der Waals surface area contributed by atoms with Crippen LogP contribution in [0.3, 0.4) is 0 Å². The quantitative estimate of drug-likeness (QED) is 0.529. The van der Waals surface area contributed by atoms with Gasteiger partial charge < -0.3 is 10.0 Å². The maximum atomic E-state index is 11.0. The van der Waals surface area contributed by atoms with Crippen molar-refractivity contribution < 1.29 is 9.90 Å². The molecule has 0 spiro atoms. The zero-order chi connectivity index (χ0) is 9.72. The van der Waals surface area contributed by atoms with E-state index in [0.717, 1.165) is 6.17 Å². The van der Waals surface area contributed by atoms with Crippen LogP contribution in [-0.2, 0) is 4.79 Å². The standard InChI is InChI=1S/C8H16NO2Si/c1-7(10)5-9(8(2)11)6-12(3)4/h10H,1,5-6H2,2-4H3. The van der Waals surface area contributed by atoms with Crippen LogP contribution in [0, 0.1) is 0 Å². The first-order chi connectivity index (χ1) is 5.43. The van der Waals surface area contributed by atoms with Crippen LogP contribution < -0.4 is 0 Å². The van der Waals surface area contributed by atoms with E-state index in [9.17, 15) is 4.79 Å². The lowest BCUT2D eigenvalue weighted by Gasteiger charge is -2.21. The van der Waals surface area contributed by atoms with Crippen LogP contribution in [0.15, 0.2) is 12.3 Å². The van der Waals surface area contributed by atoms with E-state index < -0.39 is 8.80 Å². The second kappa shape index (κ2) is 4.98. The van der Waals surface area contributed by atoms with Crippen molar-refractivity contribution >= 4 is 14.7 Å². The fourth-order valence-electron chi connectivity index (χ4n) is 0.881. The molecule has 0 aliphatic rings. The van der Waals surface area contributed by atoms with Crippen molar-refractivity contribution in [3.63, 3.8) is 0 Å². The second-order valence-corrected chi connectivity index (χ2v) is 5.88. The van der Waals surface area contributed by atoms with Gasteiger partial charge >= 0.3 is 0 Å². The molecule has 0 aromatic heterocycles. The van der Waals surface area contributed by atoms with E-state index in [-0.39, 0.29) is 18.2 Å². The maximum Gasteiger partial charge on any atom is 0.219 e. The number of aliphatic hydroxyl groups is 1. The molecule has 69 valence electrons. The summed E-state index contributed by atoms with van der Waals surface area (Å²) in [4.78, 5) is 12.6. The van der Waals surface area contributed by atoms with Gasteiger partial charge in [0.25, 0.3) is 0 Å². The smallest absolute Gasteiger partial charge is 0.219 e. The predicted molar refractivity (Wildman–Crippen MR) is 51.5 cm³/mol. The summed E-state index contributed by atoms with van der Waals surface area (Å²) in [5.41, 5.74) is 0. The Morgan fingerprint density at radius 3 is 2.33 bits per heavy atom. The molecule has 0 fully saturated rings. The number of carbonyl (C=O) groups excluding carboxylic acids is 1. The molecule has 0 saturated carbocycles. The molecule has 4 heteroatoms. The van der Waals surface area contributed by atoms with Gasteiger partial charge in [0.2, 0.25) is 5.91 Å². The van der Waals surface area contributed by atoms with Gasteiger partial charge in [0.15, 0.2) is 0 Å². The minimum absolute atomic E-state index is 0.00333. The molecule has 0 atom stereocenters. The Kier molecular flexibility index (Phi) is 4.66. The molecule has 0 rings (SSSR count). The molecule has 0 aromatic rings. The van der Waals surface area contributed by atoms with E-state index in [2.05, 4.69) is 19.7 Å². The van der Waals surface area contributed by atoms with Crippen molar-refractivity contribution in [1.29, 1.82) is 0 Å². The Balaban J connectivity index is 4.04. The minimum atomic E-state index is -0.470. The van der Waals surface area contributed by atoms with Crippen LogP contribution in [0.25, 0.3) is 0 Å². The van der Waals surface area contributed by atoms with Gasteiger partial charge in [-0.2, -0.15) is 0 Å². The molecule has 0 heterocycles. The third-order valence-electron chi connectivity index (χ3n) is 1.33. The molecule has 0 aliphatic carbocycles. The fourth-order valence-corrected chi connectivity index (χ4v) is 1.98. The maximum absolute atomic E-state index is 11.0. The highest BCUT2D eigenvalue weighted by atomic mass is 28.3. The van der Waals surface area contributed by atoms with Crippen LogP contribution in [0.5, 0.6) is 0 Å². The van der Waals surface area contributed by atoms with E-state index in [0.29, 0.717) is 0 Å².